The van der Waals surface area contributed by atoms with Crippen LogP contribution in [0, 0.1) is 17.0 Å². The van der Waals surface area contributed by atoms with E-state index in [9.17, 15) is 10.1 Å². The summed E-state index contributed by atoms with van der Waals surface area (Å²) in [6.45, 7) is 3.03. The Morgan fingerprint density at radius 1 is 1.56 bits per heavy atom. The number of nitrogens with zero attached hydrogens (tertiary/aromatic N) is 3. The molecule has 0 saturated heterocycles. The highest BCUT2D eigenvalue weighted by molar-refractivity contribution is 5.57. The Bertz CT molecular complexity index is 381. The summed E-state index contributed by atoms with van der Waals surface area (Å²) in [6.07, 6.45) is 0.781. The van der Waals surface area contributed by atoms with Gasteiger partial charge in [0.1, 0.15) is 0 Å². The van der Waals surface area contributed by atoms with Crippen LogP contribution < -0.4 is 10.6 Å². The van der Waals surface area contributed by atoms with Crippen molar-refractivity contribution >= 4 is 11.5 Å². The van der Waals surface area contributed by atoms with Crippen molar-refractivity contribution in [2.24, 2.45) is 5.73 Å². The number of anilines is 1. The normalized spacial score (nSPS) is 10.2. The molecule has 0 unspecified atom stereocenters. The number of nitrogens with two attached hydrogens (primary N) is 1. The lowest BCUT2D eigenvalue weighted by Gasteiger charge is -2.17. The van der Waals surface area contributed by atoms with Gasteiger partial charge in [-0.25, -0.2) is 4.98 Å². The SMILES string of the molecule is Cc1ccc([N+](=O)[O-])c(N(C)CCCN)n1. The topological polar surface area (TPSA) is 85.3 Å². The van der Waals surface area contributed by atoms with Crippen molar-refractivity contribution in [1.82, 2.24) is 4.98 Å². The van der Waals surface area contributed by atoms with Gasteiger partial charge in [-0.2, -0.15) is 0 Å². The van der Waals surface area contributed by atoms with Crippen LogP contribution in [0.5, 0.6) is 0 Å². The Hall–Kier alpha value is -1.69. The Morgan fingerprint density at radius 2 is 2.25 bits per heavy atom. The van der Waals surface area contributed by atoms with Crippen LogP contribution in [-0.2, 0) is 0 Å². The summed E-state index contributed by atoms with van der Waals surface area (Å²) in [4.78, 5) is 16.4. The quantitative estimate of drug-likeness (QED) is 0.597. The van der Waals surface area contributed by atoms with Gasteiger partial charge in [-0.05, 0) is 26.0 Å². The van der Waals surface area contributed by atoms with E-state index in [4.69, 9.17) is 5.73 Å². The van der Waals surface area contributed by atoms with Crippen LogP contribution in [0.3, 0.4) is 0 Å². The molecule has 0 aliphatic heterocycles. The number of nitro groups is 1. The average molecular weight is 224 g/mol. The van der Waals surface area contributed by atoms with Gasteiger partial charge < -0.3 is 10.6 Å². The second kappa shape index (κ2) is 5.41. The molecule has 0 radical (unpaired) electrons. The molecule has 6 heteroatoms. The van der Waals surface area contributed by atoms with Crippen molar-refractivity contribution in [3.05, 3.63) is 27.9 Å². The van der Waals surface area contributed by atoms with Crippen molar-refractivity contribution in [3.8, 4) is 0 Å². The number of aromatic nitrogens is 1. The molecular weight excluding hydrogens is 208 g/mol. The van der Waals surface area contributed by atoms with Crippen LogP contribution in [0.1, 0.15) is 12.1 Å². The van der Waals surface area contributed by atoms with Crippen LogP contribution in [0.4, 0.5) is 11.5 Å². The van der Waals surface area contributed by atoms with Crippen molar-refractivity contribution in [3.63, 3.8) is 0 Å². The maximum atomic E-state index is 10.8. The van der Waals surface area contributed by atoms with E-state index in [-0.39, 0.29) is 5.69 Å². The number of hydrogen-bond donors (Lipinski definition) is 1. The highest BCUT2D eigenvalue weighted by Gasteiger charge is 2.18. The van der Waals surface area contributed by atoms with Gasteiger partial charge >= 0.3 is 5.69 Å². The fourth-order valence-electron chi connectivity index (χ4n) is 1.39. The number of rotatable bonds is 5. The van der Waals surface area contributed by atoms with E-state index in [1.165, 1.54) is 6.07 Å². The van der Waals surface area contributed by atoms with Crippen LogP contribution in [0.2, 0.25) is 0 Å². The van der Waals surface area contributed by atoms with E-state index in [1.54, 1.807) is 18.0 Å². The summed E-state index contributed by atoms with van der Waals surface area (Å²) in [6, 6.07) is 3.12. The third kappa shape index (κ3) is 2.90. The predicted molar refractivity (Wildman–Crippen MR) is 62.6 cm³/mol. The Labute approximate surface area is 94.2 Å². The first-order chi connectivity index (χ1) is 7.56. The molecule has 0 saturated carbocycles. The molecular formula is C10H16N4O2. The molecule has 2 N–H and O–H groups in total. The molecule has 1 rings (SSSR count). The summed E-state index contributed by atoms with van der Waals surface area (Å²) >= 11 is 0. The Balaban J connectivity index is 2.99. The Morgan fingerprint density at radius 3 is 2.81 bits per heavy atom. The smallest absolute Gasteiger partial charge is 0.311 e. The van der Waals surface area contributed by atoms with E-state index in [0.29, 0.717) is 18.9 Å². The fraction of sp³-hybridized carbons (Fsp3) is 0.500. The van der Waals surface area contributed by atoms with Crippen LogP contribution in [0.15, 0.2) is 12.1 Å². The lowest BCUT2D eigenvalue weighted by Crippen LogP contribution is -2.23. The molecule has 0 aliphatic carbocycles. The minimum atomic E-state index is -0.416. The highest BCUT2D eigenvalue weighted by Crippen LogP contribution is 2.24. The summed E-state index contributed by atoms with van der Waals surface area (Å²) < 4.78 is 0. The van der Waals surface area contributed by atoms with Gasteiger partial charge in [0.25, 0.3) is 0 Å². The van der Waals surface area contributed by atoms with E-state index >= 15 is 0 Å². The molecule has 0 bridgehead atoms. The molecule has 0 aromatic carbocycles. The van der Waals surface area contributed by atoms with Crippen LogP contribution >= 0.6 is 0 Å². The zero-order chi connectivity index (χ0) is 12.1. The zero-order valence-electron chi connectivity index (χ0n) is 9.51. The van der Waals surface area contributed by atoms with Crippen molar-refractivity contribution in [2.45, 2.75) is 13.3 Å². The molecule has 88 valence electrons. The molecule has 0 atom stereocenters. The molecule has 0 amide bonds. The first-order valence-corrected chi connectivity index (χ1v) is 5.09. The maximum Gasteiger partial charge on any atom is 0.311 e. The summed E-state index contributed by atoms with van der Waals surface area (Å²) in [5, 5.41) is 10.8. The van der Waals surface area contributed by atoms with Gasteiger partial charge in [0, 0.05) is 25.4 Å². The van der Waals surface area contributed by atoms with Gasteiger partial charge in [0.2, 0.25) is 5.82 Å². The second-order valence-electron chi connectivity index (χ2n) is 3.62. The third-order valence-corrected chi connectivity index (χ3v) is 2.25. The van der Waals surface area contributed by atoms with Crippen molar-refractivity contribution in [1.29, 1.82) is 0 Å². The molecule has 0 spiro atoms. The number of aryl methyl sites for hydroxylation is 1. The number of hydrogen-bond acceptors (Lipinski definition) is 5. The van der Waals surface area contributed by atoms with Gasteiger partial charge in [-0.3, -0.25) is 10.1 Å². The molecule has 0 aliphatic rings. The van der Waals surface area contributed by atoms with Gasteiger partial charge in [-0.15, -0.1) is 0 Å². The van der Waals surface area contributed by atoms with Crippen molar-refractivity contribution in [2.75, 3.05) is 25.0 Å². The molecule has 1 heterocycles. The maximum absolute atomic E-state index is 10.8. The highest BCUT2D eigenvalue weighted by atomic mass is 16.6. The van der Waals surface area contributed by atoms with Gasteiger partial charge in [0.05, 0.1) is 4.92 Å². The van der Waals surface area contributed by atoms with E-state index in [0.717, 1.165) is 12.1 Å². The molecule has 6 nitrogen and oxygen atoms in total. The second-order valence-corrected chi connectivity index (χ2v) is 3.62. The molecule has 16 heavy (non-hydrogen) atoms. The van der Waals surface area contributed by atoms with Gasteiger partial charge in [0.15, 0.2) is 0 Å². The fourth-order valence-corrected chi connectivity index (χ4v) is 1.39. The lowest BCUT2D eigenvalue weighted by molar-refractivity contribution is -0.384. The Kier molecular flexibility index (Phi) is 4.19. The minimum Gasteiger partial charge on any atom is -0.354 e. The van der Waals surface area contributed by atoms with Gasteiger partial charge in [-0.1, -0.05) is 0 Å². The standard InChI is InChI=1S/C10H16N4O2/c1-8-4-5-9(14(15)16)10(12-8)13(2)7-3-6-11/h4-5H,3,6-7,11H2,1-2H3. The van der Waals surface area contributed by atoms with Crippen LogP contribution in [-0.4, -0.2) is 30.0 Å². The third-order valence-electron chi connectivity index (χ3n) is 2.25. The summed E-state index contributed by atoms with van der Waals surface area (Å²) in [5.41, 5.74) is 6.20. The van der Waals surface area contributed by atoms with Crippen LogP contribution in [0.25, 0.3) is 0 Å². The minimum absolute atomic E-state index is 0.0325. The lowest BCUT2D eigenvalue weighted by atomic mass is 10.3. The number of pyridine rings is 1. The van der Waals surface area contributed by atoms with Crippen molar-refractivity contribution < 1.29 is 4.92 Å². The monoisotopic (exact) mass is 224 g/mol. The molecule has 1 aromatic rings. The predicted octanol–water partition coefficient (Wildman–Crippen LogP) is 1.08. The molecule has 1 aromatic heterocycles. The zero-order valence-corrected chi connectivity index (χ0v) is 9.51. The first-order valence-electron chi connectivity index (χ1n) is 5.09. The first kappa shape index (κ1) is 12.4. The summed E-state index contributed by atoms with van der Waals surface area (Å²) in [5.74, 6) is 0.401. The van der Waals surface area contributed by atoms with E-state index < -0.39 is 4.92 Å². The largest absolute Gasteiger partial charge is 0.354 e. The van der Waals surface area contributed by atoms with E-state index in [2.05, 4.69) is 4.98 Å². The molecule has 0 fully saturated rings. The summed E-state index contributed by atoms with van der Waals surface area (Å²) in [7, 11) is 1.78. The van der Waals surface area contributed by atoms with E-state index in [1.807, 2.05) is 6.92 Å². The average Bonchev–Trinajstić information content (AvgIpc) is 2.25.